The van der Waals surface area contributed by atoms with Crippen LogP contribution in [0.2, 0.25) is 0 Å². The summed E-state index contributed by atoms with van der Waals surface area (Å²) in [5.41, 5.74) is -4.46. The van der Waals surface area contributed by atoms with E-state index in [4.69, 9.17) is 61.3 Å². The van der Waals surface area contributed by atoms with Gasteiger partial charge in [0.15, 0.2) is 0 Å². The van der Waals surface area contributed by atoms with Gasteiger partial charge in [-0.25, -0.2) is 0 Å². The second-order valence-corrected chi connectivity index (χ2v) is 10.7. The zero-order valence-corrected chi connectivity index (χ0v) is 26.9. The van der Waals surface area contributed by atoms with E-state index >= 15 is 0 Å². The Morgan fingerprint density at radius 2 is 0.556 bits per heavy atom. The van der Waals surface area contributed by atoms with Gasteiger partial charge in [0, 0.05) is 19.3 Å². The minimum atomic E-state index is -2.26. The standard InChI is InChI=1S/C15H32O10.4C3H8O2/c16-6-10(20)1-2-14(24,3-11(21)7-17)15(25,4-12(22)8-18)5-13(23)9-19;4*1-3(5)2-4/h10-13,16-25H,1-9H2;4*3-5H,2H2,1H3. The Labute approximate surface area is 265 Å². The first-order valence-electron chi connectivity index (χ1n) is 14.4. The van der Waals surface area contributed by atoms with E-state index in [1.165, 1.54) is 27.7 Å². The lowest BCUT2D eigenvalue weighted by Crippen LogP contribution is -2.59. The highest BCUT2D eigenvalue weighted by Gasteiger charge is 2.51. The van der Waals surface area contributed by atoms with Gasteiger partial charge in [-0.15, -0.1) is 0 Å². The molecule has 0 spiro atoms. The van der Waals surface area contributed by atoms with Crippen LogP contribution in [-0.4, -0.2) is 205 Å². The third kappa shape index (κ3) is 36.0. The molecule has 18 N–H and O–H groups in total. The molecule has 45 heavy (non-hydrogen) atoms. The maximum Gasteiger partial charge on any atom is 0.0985 e. The highest BCUT2D eigenvalue weighted by atomic mass is 16.4. The van der Waals surface area contributed by atoms with Gasteiger partial charge in [0.1, 0.15) is 0 Å². The van der Waals surface area contributed by atoms with Gasteiger partial charge in [0.2, 0.25) is 0 Å². The van der Waals surface area contributed by atoms with E-state index in [1.54, 1.807) is 0 Å². The van der Waals surface area contributed by atoms with Crippen molar-refractivity contribution in [2.24, 2.45) is 0 Å². The number of hydrogen-bond donors (Lipinski definition) is 18. The molecule has 9 unspecified atom stereocenters. The normalized spacial score (nSPS) is 18.8. The SMILES string of the molecule is CC(O)CO.CC(O)CO.CC(O)CO.CC(O)CO.OCC(O)CCC(O)(CC(O)CO)C(O)(CC(O)CO)CC(O)CO. The van der Waals surface area contributed by atoms with Crippen molar-refractivity contribution in [3.8, 4) is 0 Å². The highest BCUT2D eigenvalue weighted by Crippen LogP contribution is 2.39. The van der Waals surface area contributed by atoms with E-state index in [0.29, 0.717) is 0 Å². The van der Waals surface area contributed by atoms with Crippen LogP contribution < -0.4 is 0 Å². The molecular weight excluding hydrogens is 612 g/mol. The third-order valence-electron chi connectivity index (χ3n) is 5.38. The lowest BCUT2D eigenvalue weighted by molar-refractivity contribution is -0.205. The largest absolute Gasteiger partial charge is 0.394 e. The second kappa shape index (κ2) is 33.2. The fourth-order valence-electron chi connectivity index (χ4n) is 2.85. The van der Waals surface area contributed by atoms with Crippen LogP contribution in [0.1, 0.15) is 59.8 Å². The van der Waals surface area contributed by atoms with E-state index in [1.807, 2.05) is 0 Å². The lowest BCUT2D eigenvalue weighted by atomic mass is 9.70. The summed E-state index contributed by atoms with van der Waals surface area (Å²) in [5.74, 6) is 0. The predicted octanol–water partition coefficient (Wildman–Crippen LogP) is -6.75. The average molecular weight is 677 g/mol. The summed E-state index contributed by atoms with van der Waals surface area (Å²) in [6.45, 7) is 2.74. The third-order valence-corrected chi connectivity index (χ3v) is 5.38. The zero-order chi connectivity index (χ0) is 36.8. The molecule has 0 bridgehead atoms. The van der Waals surface area contributed by atoms with Crippen LogP contribution in [0.25, 0.3) is 0 Å². The van der Waals surface area contributed by atoms with Gasteiger partial charge in [-0.05, 0) is 40.5 Å². The lowest BCUT2D eigenvalue weighted by Gasteiger charge is -2.46. The van der Waals surface area contributed by atoms with Crippen LogP contribution in [0.15, 0.2) is 0 Å². The number of aliphatic hydroxyl groups excluding tert-OH is 16. The Hall–Kier alpha value is -0.720. The van der Waals surface area contributed by atoms with E-state index < -0.39 is 106 Å². The van der Waals surface area contributed by atoms with Crippen LogP contribution in [0.4, 0.5) is 0 Å². The van der Waals surface area contributed by atoms with Gasteiger partial charge >= 0.3 is 0 Å². The van der Waals surface area contributed by atoms with Gasteiger partial charge in [-0.1, -0.05) is 0 Å². The zero-order valence-electron chi connectivity index (χ0n) is 26.9. The molecule has 0 heterocycles. The molecule has 18 heteroatoms. The molecule has 0 radical (unpaired) electrons. The highest BCUT2D eigenvalue weighted by molar-refractivity contribution is 5.03. The molecule has 280 valence electrons. The monoisotopic (exact) mass is 676 g/mol. The smallest absolute Gasteiger partial charge is 0.0985 e. The molecule has 0 saturated heterocycles. The van der Waals surface area contributed by atoms with Crippen LogP contribution >= 0.6 is 0 Å². The topological polar surface area (TPSA) is 364 Å². The summed E-state index contributed by atoms with van der Waals surface area (Å²) < 4.78 is 0. The number of rotatable bonds is 18. The van der Waals surface area contributed by atoms with Crippen molar-refractivity contribution in [2.45, 2.75) is 120 Å². The van der Waals surface area contributed by atoms with Crippen molar-refractivity contribution < 1.29 is 91.9 Å². The first-order chi connectivity index (χ1) is 20.6. The van der Waals surface area contributed by atoms with E-state index in [9.17, 15) is 30.6 Å². The Morgan fingerprint density at radius 3 is 0.733 bits per heavy atom. The molecule has 0 aliphatic carbocycles. The molecule has 0 aromatic heterocycles. The van der Waals surface area contributed by atoms with Crippen molar-refractivity contribution in [3.63, 3.8) is 0 Å². The molecule has 0 fully saturated rings. The minimum Gasteiger partial charge on any atom is -0.394 e. The Bertz CT molecular complexity index is 540. The Balaban J connectivity index is -0.000000213. The summed E-state index contributed by atoms with van der Waals surface area (Å²) in [7, 11) is 0. The summed E-state index contributed by atoms with van der Waals surface area (Å²) in [4.78, 5) is 0. The molecule has 0 saturated carbocycles. The van der Waals surface area contributed by atoms with Crippen molar-refractivity contribution in [1.82, 2.24) is 0 Å². The molecule has 0 aromatic rings. The maximum absolute atomic E-state index is 11.0. The maximum atomic E-state index is 11.0. The van der Waals surface area contributed by atoms with Crippen LogP contribution in [0.3, 0.4) is 0 Å². The fourth-order valence-corrected chi connectivity index (χ4v) is 2.85. The van der Waals surface area contributed by atoms with Crippen LogP contribution in [-0.2, 0) is 0 Å². The summed E-state index contributed by atoms with van der Waals surface area (Å²) in [5, 5.41) is 160. The summed E-state index contributed by atoms with van der Waals surface area (Å²) in [6.07, 6.45) is -10.1. The molecule has 0 aliphatic heterocycles. The van der Waals surface area contributed by atoms with E-state index in [-0.39, 0.29) is 39.3 Å². The van der Waals surface area contributed by atoms with Gasteiger partial charge in [-0.3, -0.25) is 0 Å². The van der Waals surface area contributed by atoms with Crippen LogP contribution in [0, 0.1) is 0 Å². The Kier molecular flexibility index (Phi) is 39.7. The van der Waals surface area contributed by atoms with Crippen molar-refractivity contribution in [2.75, 3.05) is 52.9 Å². The molecule has 18 nitrogen and oxygen atoms in total. The first kappa shape index (κ1) is 53.8. The second-order valence-electron chi connectivity index (χ2n) is 10.7. The molecular formula is C27H64O18. The molecule has 0 aromatic carbocycles. The van der Waals surface area contributed by atoms with Crippen LogP contribution in [0.5, 0.6) is 0 Å². The predicted molar refractivity (Wildman–Crippen MR) is 160 cm³/mol. The van der Waals surface area contributed by atoms with E-state index in [2.05, 4.69) is 0 Å². The molecule has 0 aliphatic rings. The Morgan fingerprint density at radius 1 is 0.356 bits per heavy atom. The molecule has 9 atom stereocenters. The van der Waals surface area contributed by atoms with Gasteiger partial charge in [0.05, 0.1) is 113 Å². The van der Waals surface area contributed by atoms with Crippen molar-refractivity contribution in [1.29, 1.82) is 0 Å². The first-order valence-corrected chi connectivity index (χ1v) is 14.4. The van der Waals surface area contributed by atoms with Gasteiger partial charge in [-0.2, -0.15) is 0 Å². The summed E-state index contributed by atoms with van der Waals surface area (Å²) in [6, 6.07) is 0. The van der Waals surface area contributed by atoms with Crippen molar-refractivity contribution in [3.05, 3.63) is 0 Å². The molecule has 0 amide bonds. The fraction of sp³-hybridized carbons (Fsp3) is 1.00. The average Bonchev–Trinajstić information content (AvgIpc) is 3.00. The molecule has 0 rings (SSSR count). The van der Waals surface area contributed by atoms with Gasteiger partial charge < -0.3 is 91.9 Å². The van der Waals surface area contributed by atoms with Crippen molar-refractivity contribution >= 4 is 0 Å². The summed E-state index contributed by atoms with van der Waals surface area (Å²) >= 11 is 0. The van der Waals surface area contributed by atoms with E-state index in [0.717, 1.165) is 0 Å². The quantitative estimate of drug-likeness (QED) is 0.0641. The number of hydrogen-bond acceptors (Lipinski definition) is 18. The number of aliphatic hydroxyl groups is 18. The minimum absolute atomic E-state index is 0.139. The van der Waals surface area contributed by atoms with Gasteiger partial charge in [0.25, 0.3) is 0 Å².